The van der Waals surface area contributed by atoms with Gasteiger partial charge in [-0.25, -0.2) is 4.98 Å². The number of ether oxygens (including phenoxy) is 2. The van der Waals surface area contributed by atoms with E-state index in [2.05, 4.69) is 16.0 Å². The molecular weight excluding hydrogens is 316 g/mol. The van der Waals surface area contributed by atoms with Crippen LogP contribution in [0, 0.1) is 12.8 Å². The number of hydrogen-bond acceptors (Lipinski definition) is 5. The summed E-state index contributed by atoms with van der Waals surface area (Å²) < 4.78 is 11.5. The fraction of sp³-hybridized carbons (Fsp3) is 0.450. The summed E-state index contributed by atoms with van der Waals surface area (Å²) in [5.41, 5.74) is 2.57. The monoisotopic (exact) mass is 340 g/mol. The van der Waals surface area contributed by atoms with Crippen LogP contribution in [0.3, 0.4) is 0 Å². The highest BCUT2D eigenvalue weighted by Crippen LogP contribution is 2.41. The number of aldehydes is 1. The molecule has 0 N–H and O–H groups in total. The van der Waals surface area contributed by atoms with Gasteiger partial charge in [-0.05, 0) is 37.3 Å². The summed E-state index contributed by atoms with van der Waals surface area (Å²) in [7, 11) is 1.66. The van der Waals surface area contributed by atoms with E-state index in [0.29, 0.717) is 35.6 Å². The summed E-state index contributed by atoms with van der Waals surface area (Å²) in [4.78, 5) is 19.8. The second-order valence-corrected chi connectivity index (χ2v) is 6.55. The predicted molar refractivity (Wildman–Crippen MR) is 95.3 cm³/mol. The summed E-state index contributed by atoms with van der Waals surface area (Å²) in [6.07, 6.45) is 10.5. The minimum atomic E-state index is 0.356. The molecule has 25 heavy (non-hydrogen) atoms. The smallest absolute Gasteiger partial charge is 0.216 e. The molecule has 0 aromatic carbocycles. The van der Waals surface area contributed by atoms with Crippen LogP contribution in [-0.2, 0) is 0 Å². The van der Waals surface area contributed by atoms with E-state index in [-0.39, 0.29) is 0 Å². The summed E-state index contributed by atoms with van der Waals surface area (Å²) >= 11 is 0. The van der Waals surface area contributed by atoms with Crippen LogP contribution in [0.15, 0.2) is 30.7 Å². The third-order valence-corrected chi connectivity index (χ3v) is 5.02. The molecule has 3 rings (SSSR count). The normalized spacial score (nSPS) is 20.1. The van der Waals surface area contributed by atoms with Crippen molar-refractivity contribution in [2.24, 2.45) is 5.92 Å². The van der Waals surface area contributed by atoms with Gasteiger partial charge in [-0.2, -0.15) is 0 Å². The Morgan fingerprint density at radius 2 is 2.12 bits per heavy atom. The molecule has 2 aromatic rings. The van der Waals surface area contributed by atoms with Crippen molar-refractivity contribution < 1.29 is 14.3 Å². The second-order valence-electron chi connectivity index (χ2n) is 6.55. The van der Waals surface area contributed by atoms with Gasteiger partial charge >= 0.3 is 0 Å². The predicted octanol–water partition coefficient (Wildman–Crippen LogP) is 3.96. The van der Waals surface area contributed by atoms with Crippen LogP contribution in [0.25, 0.3) is 0 Å². The zero-order chi connectivity index (χ0) is 17.6. The van der Waals surface area contributed by atoms with Crippen molar-refractivity contribution in [1.29, 1.82) is 0 Å². The first-order chi connectivity index (χ1) is 12.2. The highest BCUT2D eigenvalue weighted by atomic mass is 16.5. The molecule has 0 spiro atoms. The van der Waals surface area contributed by atoms with E-state index < -0.39 is 0 Å². The zero-order valence-corrected chi connectivity index (χ0v) is 14.8. The molecule has 5 heteroatoms. The Morgan fingerprint density at radius 1 is 1.28 bits per heavy atom. The third kappa shape index (κ3) is 3.81. The lowest BCUT2D eigenvalue weighted by atomic mass is 9.76. The largest absolute Gasteiger partial charge is 0.491 e. The maximum Gasteiger partial charge on any atom is 0.216 e. The Kier molecular flexibility index (Phi) is 5.64. The molecule has 1 saturated carbocycles. The number of methoxy groups -OCH3 is 1. The van der Waals surface area contributed by atoms with E-state index in [1.165, 1.54) is 12.8 Å². The molecule has 0 bridgehead atoms. The van der Waals surface area contributed by atoms with Crippen molar-refractivity contribution >= 4 is 6.29 Å². The molecule has 2 aromatic heterocycles. The van der Waals surface area contributed by atoms with Crippen molar-refractivity contribution in [3.8, 4) is 11.6 Å². The van der Waals surface area contributed by atoms with Gasteiger partial charge in [-0.1, -0.05) is 18.9 Å². The van der Waals surface area contributed by atoms with Gasteiger partial charge in [-0.3, -0.25) is 9.78 Å². The number of rotatable bonds is 6. The minimum Gasteiger partial charge on any atom is -0.491 e. The van der Waals surface area contributed by atoms with Crippen LogP contribution >= 0.6 is 0 Å². The molecule has 2 heterocycles. The van der Waals surface area contributed by atoms with Gasteiger partial charge in [0.15, 0.2) is 6.29 Å². The molecule has 0 radical (unpaired) electrons. The van der Waals surface area contributed by atoms with Crippen molar-refractivity contribution in [3.05, 3.63) is 47.4 Å². The number of aromatic nitrogens is 2. The first kappa shape index (κ1) is 17.4. The van der Waals surface area contributed by atoms with E-state index in [0.717, 1.165) is 30.3 Å². The Bertz CT molecular complexity index is 733. The first-order valence-electron chi connectivity index (χ1n) is 8.76. The maximum absolute atomic E-state index is 11.3. The topological polar surface area (TPSA) is 61.3 Å². The maximum atomic E-state index is 11.3. The SMILES string of the molecule is COc1ncccc1C1CCCCC1COc1cncc(C)c1C=O. The van der Waals surface area contributed by atoms with Crippen LogP contribution < -0.4 is 9.47 Å². The lowest BCUT2D eigenvalue weighted by Gasteiger charge is -2.32. The highest BCUT2D eigenvalue weighted by Gasteiger charge is 2.29. The zero-order valence-electron chi connectivity index (χ0n) is 14.8. The molecular formula is C20H24N2O3. The summed E-state index contributed by atoms with van der Waals surface area (Å²) in [5.74, 6) is 1.99. The van der Waals surface area contributed by atoms with Crippen molar-refractivity contribution in [2.75, 3.05) is 13.7 Å². The highest BCUT2D eigenvalue weighted by molar-refractivity contribution is 5.81. The summed E-state index contributed by atoms with van der Waals surface area (Å²) in [6.45, 7) is 2.43. The molecule has 132 valence electrons. The van der Waals surface area contributed by atoms with Gasteiger partial charge in [0.1, 0.15) is 5.75 Å². The quantitative estimate of drug-likeness (QED) is 0.745. The van der Waals surface area contributed by atoms with Crippen LogP contribution in [0.4, 0.5) is 0 Å². The molecule has 0 saturated heterocycles. The standard InChI is InChI=1S/C20H24N2O3/c1-14-10-21-11-19(18(14)12-23)25-13-15-6-3-4-7-16(15)17-8-5-9-22-20(17)24-2/h5,8-12,15-16H,3-4,6-7,13H2,1-2H3. The molecule has 0 amide bonds. The molecule has 5 nitrogen and oxygen atoms in total. The van der Waals surface area contributed by atoms with Crippen molar-refractivity contribution in [1.82, 2.24) is 9.97 Å². The van der Waals surface area contributed by atoms with Crippen LogP contribution in [0.2, 0.25) is 0 Å². The summed E-state index contributed by atoms with van der Waals surface area (Å²) in [6, 6.07) is 4.05. The van der Waals surface area contributed by atoms with Crippen molar-refractivity contribution in [3.63, 3.8) is 0 Å². The number of hydrogen-bond donors (Lipinski definition) is 0. The number of nitrogens with zero attached hydrogens (tertiary/aromatic N) is 2. The molecule has 1 aliphatic rings. The van der Waals surface area contributed by atoms with E-state index in [1.807, 2.05) is 13.0 Å². The fourth-order valence-corrected chi connectivity index (χ4v) is 3.69. The fourth-order valence-electron chi connectivity index (χ4n) is 3.69. The van der Waals surface area contributed by atoms with E-state index in [1.54, 1.807) is 25.7 Å². The second kappa shape index (κ2) is 8.10. The molecule has 2 unspecified atom stereocenters. The Hall–Kier alpha value is -2.43. The Morgan fingerprint density at radius 3 is 2.92 bits per heavy atom. The van der Waals surface area contributed by atoms with Gasteiger partial charge in [0, 0.05) is 23.9 Å². The van der Waals surface area contributed by atoms with Gasteiger partial charge < -0.3 is 9.47 Å². The number of carbonyl (C=O) groups excluding carboxylic acids is 1. The van der Waals surface area contributed by atoms with Gasteiger partial charge in [-0.15, -0.1) is 0 Å². The van der Waals surface area contributed by atoms with Crippen LogP contribution in [0.5, 0.6) is 11.6 Å². The van der Waals surface area contributed by atoms with Crippen molar-refractivity contribution in [2.45, 2.75) is 38.5 Å². The van der Waals surface area contributed by atoms with Gasteiger partial charge in [0.25, 0.3) is 0 Å². The molecule has 2 atom stereocenters. The minimum absolute atomic E-state index is 0.356. The van der Waals surface area contributed by atoms with Crippen LogP contribution in [0.1, 0.15) is 53.1 Å². The Labute approximate surface area is 148 Å². The van der Waals surface area contributed by atoms with E-state index in [9.17, 15) is 4.79 Å². The lowest BCUT2D eigenvalue weighted by molar-refractivity contribution is 0.111. The molecule has 1 fully saturated rings. The van der Waals surface area contributed by atoms with E-state index >= 15 is 0 Å². The number of pyridine rings is 2. The lowest BCUT2D eigenvalue weighted by Crippen LogP contribution is -2.24. The molecule has 1 aliphatic carbocycles. The average Bonchev–Trinajstić information content (AvgIpc) is 2.66. The third-order valence-electron chi connectivity index (χ3n) is 5.02. The summed E-state index contributed by atoms with van der Waals surface area (Å²) in [5, 5.41) is 0. The number of aryl methyl sites for hydroxylation is 1. The molecule has 0 aliphatic heterocycles. The van der Waals surface area contributed by atoms with Gasteiger partial charge in [0.05, 0.1) is 25.5 Å². The van der Waals surface area contributed by atoms with E-state index in [4.69, 9.17) is 9.47 Å². The Balaban J connectivity index is 1.78. The van der Waals surface area contributed by atoms with Crippen LogP contribution in [-0.4, -0.2) is 30.0 Å². The average molecular weight is 340 g/mol. The number of carbonyl (C=O) groups is 1. The van der Waals surface area contributed by atoms with Gasteiger partial charge in [0.2, 0.25) is 5.88 Å². The first-order valence-corrected chi connectivity index (χ1v) is 8.76.